The van der Waals surface area contributed by atoms with Gasteiger partial charge in [0.2, 0.25) is 0 Å². The molecule has 0 fully saturated rings. The number of aryl methyl sites for hydroxylation is 2. The highest BCUT2D eigenvalue weighted by Gasteiger charge is 2.15. The van der Waals surface area contributed by atoms with Gasteiger partial charge in [-0.05, 0) is 43.3 Å². The zero-order valence-corrected chi connectivity index (χ0v) is 13.3. The third-order valence-electron chi connectivity index (χ3n) is 3.20. The lowest BCUT2D eigenvalue weighted by Crippen LogP contribution is -2.21. The average molecular weight is 327 g/mol. The maximum absolute atomic E-state index is 12.6. The van der Waals surface area contributed by atoms with Crippen LogP contribution in [-0.2, 0) is 0 Å². The standard InChI is InChI=1S/C15H13N5O2S/c1-9-4-3-7-20-12(9)19-13(11(8-17-22)14(20)21)23-15-16-6-5-10(2)18-15/h3-8,22H,1-2H3/b17-8+. The number of oxime groups is 1. The van der Waals surface area contributed by atoms with Crippen molar-refractivity contribution in [3.05, 3.63) is 57.8 Å². The van der Waals surface area contributed by atoms with Gasteiger partial charge in [-0.25, -0.2) is 15.0 Å². The van der Waals surface area contributed by atoms with Crippen molar-refractivity contribution in [3.63, 3.8) is 0 Å². The number of aromatic nitrogens is 4. The van der Waals surface area contributed by atoms with Gasteiger partial charge < -0.3 is 5.21 Å². The van der Waals surface area contributed by atoms with Crippen molar-refractivity contribution < 1.29 is 5.21 Å². The number of fused-ring (bicyclic) bond motifs is 1. The Labute approximate surface area is 135 Å². The molecule has 3 aromatic rings. The SMILES string of the molecule is Cc1ccnc(Sc2nc3c(C)cccn3c(=O)c2/C=N/O)n1. The molecule has 116 valence electrons. The number of pyridine rings is 1. The van der Waals surface area contributed by atoms with Gasteiger partial charge in [-0.15, -0.1) is 0 Å². The van der Waals surface area contributed by atoms with Crippen LogP contribution in [0.5, 0.6) is 0 Å². The van der Waals surface area contributed by atoms with Crippen molar-refractivity contribution in [2.75, 3.05) is 0 Å². The number of rotatable bonds is 3. The summed E-state index contributed by atoms with van der Waals surface area (Å²) in [4.78, 5) is 25.6. The Bertz CT molecular complexity index is 968. The lowest BCUT2D eigenvalue weighted by atomic mass is 10.3. The van der Waals surface area contributed by atoms with E-state index in [4.69, 9.17) is 5.21 Å². The van der Waals surface area contributed by atoms with Gasteiger partial charge in [0.1, 0.15) is 10.7 Å². The highest BCUT2D eigenvalue weighted by molar-refractivity contribution is 7.99. The van der Waals surface area contributed by atoms with E-state index in [0.717, 1.165) is 29.2 Å². The van der Waals surface area contributed by atoms with Crippen LogP contribution in [0.25, 0.3) is 5.65 Å². The first-order valence-corrected chi connectivity index (χ1v) is 7.58. The molecule has 3 rings (SSSR count). The molecule has 0 aliphatic heterocycles. The van der Waals surface area contributed by atoms with Crippen LogP contribution in [0.15, 0.2) is 50.7 Å². The molecule has 0 bridgehead atoms. The van der Waals surface area contributed by atoms with Crippen molar-refractivity contribution in [1.29, 1.82) is 0 Å². The minimum atomic E-state index is -0.313. The molecule has 0 radical (unpaired) electrons. The number of nitrogens with zero attached hydrogens (tertiary/aromatic N) is 5. The van der Waals surface area contributed by atoms with E-state index in [0.29, 0.717) is 15.8 Å². The lowest BCUT2D eigenvalue weighted by molar-refractivity contribution is 0.321. The Morgan fingerprint density at radius 3 is 2.87 bits per heavy atom. The Hall–Kier alpha value is -2.74. The van der Waals surface area contributed by atoms with E-state index in [1.165, 1.54) is 4.40 Å². The van der Waals surface area contributed by atoms with E-state index in [1.807, 2.05) is 19.9 Å². The van der Waals surface area contributed by atoms with Gasteiger partial charge in [0.25, 0.3) is 5.56 Å². The summed E-state index contributed by atoms with van der Waals surface area (Å²) in [7, 11) is 0. The second-order valence-electron chi connectivity index (χ2n) is 4.85. The van der Waals surface area contributed by atoms with Crippen LogP contribution < -0.4 is 5.56 Å². The summed E-state index contributed by atoms with van der Waals surface area (Å²) in [6, 6.07) is 5.42. The van der Waals surface area contributed by atoms with Gasteiger partial charge in [-0.3, -0.25) is 9.20 Å². The van der Waals surface area contributed by atoms with Crippen molar-refractivity contribution in [1.82, 2.24) is 19.4 Å². The normalized spacial score (nSPS) is 11.4. The van der Waals surface area contributed by atoms with Crippen molar-refractivity contribution in [3.8, 4) is 0 Å². The molecule has 3 heterocycles. The summed E-state index contributed by atoms with van der Waals surface area (Å²) in [6.45, 7) is 3.73. The minimum absolute atomic E-state index is 0.186. The van der Waals surface area contributed by atoms with Gasteiger partial charge >= 0.3 is 0 Å². The summed E-state index contributed by atoms with van der Waals surface area (Å²) in [5.41, 5.74) is 2.10. The van der Waals surface area contributed by atoms with E-state index < -0.39 is 0 Å². The number of hydrogen-bond acceptors (Lipinski definition) is 7. The molecule has 0 aliphatic carbocycles. The molecule has 7 nitrogen and oxygen atoms in total. The Balaban J connectivity index is 2.24. The third kappa shape index (κ3) is 2.93. The molecule has 0 saturated carbocycles. The molecule has 0 unspecified atom stereocenters. The second-order valence-corrected chi connectivity index (χ2v) is 5.80. The van der Waals surface area contributed by atoms with Gasteiger partial charge in [-0.1, -0.05) is 11.2 Å². The molecule has 3 aromatic heterocycles. The molecule has 23 heavy (non-hydrogen) atoms. The molecule has 0 atom stereocenters. The van der Waals surface area contributed by atoms with Crippen LogP contribution in [-0.4, -0.2) is 30.8 Å². The van der Waals surface area contributed by atoms with E-state index in [2.05, 4.69) is 20.1 Å². The smallest absolute Gasteiger partial charge is 0.267 e. The summed E-state index contributed by atoms with van der Waals surface area (Å²) in [5, 5.41) is 12.7. The highest BCUT2D eigenvalue weighted by Crippen LogP contribution is 2.25. The average Bonchev–Trinajstić information content (AvgIpc) is 2.52. The van der Waals surface area contributed by atoms with Gasteiger partial charge in [0.15, 0.2) is 5.16 Å². The van der Waals surface area contributed by atoms with Crippen LogP contribution in [0.4, 0.5) is 0 Å². The minimum Gasteiger partial charge on any atom is -0.411 e. The van der Waals surface area contributed by atoms with Crippen molar-refractivity contribution >= 4 is 23.6 Å². The van der Waals surface area contributed by atoms with Crippen molar-refractivity contribution in [2.24, 2.45) is 5.16 Å². The molecule has 0 spiro atoms. The van der Waals surface area contributed by atoms with E-state index in [9.17, 15) is 4.79 Å². The van der Waals surface area contributed by atoms with Crippen LogP contribution in [0.2, 0.25) is 0 Å². The lowest BCUT2D eigenvalue weighted by Gasteiger charge is -2.08. The molecule has 1 N–H and O–H groups in total. The van der Waals surface area contributed by atoms with E-state index >= 15 is 0 Å². The molecule has 0 amide bonds. The van der Waals surface area contributed by atoms with Gasteiger partial charge in [0.05, 0.1) is 11.8 Å². The first-order chi connectivity index (χ1) is 11.1. The fourth-order valence-corrected chi connectivity index (χ4v) is 2.96. The second kappa shape index (κ2) is 6.17. The summed E-state index contributed by atoms with van der Waals surface area (Å²) < 4.78 is 1.42. The molecule has 8 heteroatoms. The Kier molecular flexibility index (Phi) is 4.07. The Morgan fingerprint density at radius 1 is 1.30 bits per heavy atom. The van der Waals surface area contributed by atoms with Crippen LogP contribution in [0.3, 0.4) is 0 Å². The monoisotopic (exact) mass is 327 g/mol. The van der Waals surface area contributed by atoms with E-state index in [1.54, 1.807) is 24.5 Å². The predicted octanol–water partition coefficient (Wildman–Crippen LogP) is 2.06. The molecular weight excluding hydrogens is 314 g/mol. The molecular formula is C15H13N5O2S. The summed E-state index contributed by atoms with van der Waals surface area (Å²) in [5.74, 6) is 0. The zero-order valence-electron chi connectivity index (χ0n) is 12.5. The van der Waals surface area contributed by atoms with E-state index in [-0.39, 0.29) is 11.1 Å². The predicted molar refractivity (Wildman–Crippen MR) is 86.5 cm³/mol. The quantitative estimate of drug-likeness (QED) is 0.260. The largest absolute Gasteiger partial charge is 0.411 e. The third-order valence-corrected chi connectivity index (χ3v) is 4.08. The molecule has 0 saturated heterocycles. The molecule has 0 aromatic carbocycles. The fraction of sp³-hybridized carbons (Fsp3) is 0.133. The molecule has 0 aliphatic rings. The topological polar surface area (TPSA) is 92.7 Å². The highest BCUT2D eigenvalue weighted by atomic mass is 32.2. The zero-order chi connectivity index (χ0) is 16.4. The van der Waals surface area contributed by atoms with Gasteiger partial charge in [0, 0.05) is 18.1 Å². The number of hydrogen-bond donors (Lipinski definition) is 1. The maximum Gasteiger partial charge on any atom is 0.267 e. The van der Waals surface area contributed by atoms with Crippen LogP contribution in [0, 0.1) is 13.8 Å². The van der Waals surface area contributed by atoms with Gasteiger partial charge in [-0.2, -0.15) is 0 Å². The Morgan fingerprint density at radius 2 is 2.13 bits per heavy atom. The first-order valence-electron chi connectivity index (χ1n) is 6.77. The fourth-order valence-electron chi connectivity index (χ4n) is 2.10. The van der Waals surface area contributed by atoms with Crippen molar-refractivity contribution in [2.45, 2.75) is 24.0 Å². The first kappa shape index (κ1) is 15.2. The summed E-state index contributed by atoms with van der Waals surface area (Å²) in [6.07, 6.45) is 4.36. The van der Waals surface area contributed by atoms with Crippen LogP contribution in [0.1, 0.15) is 16.8 Å². The van der Waals surface area contributed by atoms with Crippen LogP contribution >= 0.6 is 11.8 Å². The summed E-state index contributed by atoms with van der Waals surface area (Å²) >= 11 is 1.16. The maximum atomic E-state index is 12.6.